The van der Waals surface area contributed by atoms with Gasteiger partial charge in [-0.25, -0.2) is 4.98 Å². The lowest BCUT2D eigenvalue weighted by Crippen LogP contribution is -2.44. The number of pyridine rings is 1. The van der Waals surface area contributed by atoms with Gasteiger partial charge < -0.3 is 14.7 Å². The third-order valence-electron chi connectivity index (χ3n) is 4.91. The van der Waals surface area contributed by atoms with E-state index in [0.29, 0.717) is 25.6 Å². The SMILES string of the molecule is [2H]C1([2H])C([2H])([2H])C([2H])([2H])C(O)(c2cc(N3CCOC[C@H]3C)nc3c2cnn3-c2ccn[nH]2)C([2H])([2H])C1([2H])[2H]. The van der Waals surface area contributed by atoms with Crippen molar-refractivity contribution in [3.8, 4) is 5.82 Å². The molecule has 0 aromatic carbocycles. The van der Waals surface area contributed by atoms with Gasteiger partial charge in [0.1, 0.15) is 5.82 Å². The minimum absolute atomic E-state index is 0.0372. The molecule has 8 heteroatoms. The molecule has 1 atom stereocenters. The van der Waals surface area contributed by atoms with Gasteiger partial charge in [-0.2, -0.15) is 14.9 Å². The number of hydrogen-bond acceptors (Lipinski definition) is 6. The summed E-state index contributed by atoms with van der Waals surface area (Å²) in [5.74, 6) is 0.508. The van der Waals surface area contributed by atoms with Crippen LogP contribution in [0.15, 0.2) is 24.5 Å². The van der Waals surface area contributed by atoms with Crippen LogP contribution in [0.1, 0.15) is 58.1 Å². The second kappa shape index (κ2) is 6.86. The summed E-state index contributed by atoms with van der Waals surface area (Å²) in [5, 5.41) is 22.9. The number of nitrogens with one attached hydrogen (secondary N) is 1. The van der Waals surface area contributed by atoms with E-state index < -0.39 is 43.0 Å². The molecule has 3 aromatic rings. The molecule has 1 aliphatic carbocycles. The summed E-state index contributed by atoms with van der Waals surface area (Å²) in [7, 11) is 0. The van der Waals surface area contributed by atoms with E-state index in [4.69, 9.17) is 18.4 Å². The highest BCUT2D eigenvalue weighted by atomic mass is 16.5. The van der Waals surface area contributed by atoms with Crippen LogP contribution in [0, 0.1) is 0 Å². The van der Waals surface area contributed by atoms with Crippen LogP contribution in [-0.2, 0) is 10.3 Å². The second-order valence-electron chi connectivity index (χ2n) is 6.72. The van der Waals surface area contributed by atoms with Crippen molar-refractivity contribution in [2.24, 2.45) is 0 Å². The molecular weight excluding hydrogens is 356 g/mol. The number of morpholine rings is 1. The summed E-state index contributed by atoms with van der Waals surface area (Å²) < 4.78 is 91.2. The monoisotopic (exact) mass is 392 g/mol. The first-order valence-electron chi connectivity index (χ1n) is 13.9. The minimum Gasteiger partial charge on any atom is -0.385 e. The molecule has 0 amide bonds. The first kappa shape index (κ1) is 9.84. The smallest absolute Gasteiger partial charge is 0.167 e. The Morgan fingerprint density at radius 3 is 2.96 bits per heavy atom. The van der Waals surface area contributed by atoms with Gasteiger partial charge >= 0.3 is 0 Å². The van der Waals surface area contributed by atoms with Crippen LogP contribution in [0.3, 0.4) is 0 Å². The minimum atomic E-state index is -3.68. The van der Waals surface area contributed by atoms with Gasteiger partial charge in [-0.05, 0) is 31.3 Å². The van der Waals surface area contributed by atoms with Crippen LogP contribution in [0.5, 0.6) is 0 Å². The molecule has 2 fully saturated rings. The summed E-state index contributed by atoms with van der Waals surface area (Å²) in [6.07, 6.45) is -15.7. The molecule has 0 radical (unpaired) electrons. The number of nitrogens with zero attached hydrogens (tertiary/aromatic N) is 5. The van der Waals surface area contributed by atoms with E-state index in [2.05, 4.69) is 20.3 Å². The van der Waals surface area contributed by atoms with E-state index in [1.165, 1.54) is 23.1 Å². The van der Waals surface area contributed by atoms with Crippen LogP contribution in [0.2, 0.25) is 0 Å². The van der Waals surface area contributed by atoms with Gasteiger partial charge in [0.2, 0.25) is 0 Å². The van der Waals surface area contributed by atoms with E-state index in [-0.39, 0.29) is 22.9 Å². The molecule has 8 nitrogen and oxygen atoms in total. The zero-order valence-electron chi connectivity index (χ0n) is 25.1. The zero-order chi connectivity index (χ0) is 28.1. The lowest BCUT2D eigenvalue weighted by Gasteiger charge is -2.37. The first-order valence-corrected chi connectivity index (χ1v) is 8.91. The van der Waals surface area contributed by atoms with Crippen LogP contribution in [0.25, 0.3) is 16.9 Å². The number of aromatic nitrogens is 5. The molecule has 28 heavy (non-hydrogen) atoms. The standard InChI is InChI=1S/C20H26N6O2/c1-14-13-28-10-9-25(14)18-11-16(20(27)6-3-2-4-7-20)15-12-22-26(19(15)23-18)17-5-8-21-24-17/h5,8,11-12,14,27H,2-4,6-7,9-10,13H2,1H3,(H,21,24)/t14-/m1/s1/i2D2,3D2,4D2,6D2,7D2. The Hall–Kier alpha value is -2.45. The normalized spacial score (nSPS) is 36.9. The van der Waals surface area contributed by atoms with Crippen LogP contribution in [0.4, 0.5) is 5.82 Å². The van der Waals surface area contributed by atoms with Crippen molar-refractivity contribution < 1.29 is 23.6 Å². The molecule has 4 heterocycles. The number of rotatable bonds is 3. The Morgan fingerprint density at radius 1 is 1.36 bits per heavy atom. The van der Waals surface area contributed by atoms with Crippen LogP contribution < -0.4 is 4.90 Å². The Balaban J connectivity index is 1.88. The summed E-state index contributed by atoms with van der Waals surface area (Å²) in [4.78, 5) is 6.44. The Labute approximate surface area is 177 Å². The van der Waals surface area contributed by atoms with Crippen molar-refractivity contribution in [1.82, 2.24) is 25.0 Å². The number of aromatic amines is 1. The van der Waals surface area contributed by atoms with E-state index in [0.717, 1.165) is 0 Å². The molecule has 1 saturated heterocycles. The van der Waals surface area contributed by atoms with Gasteiger partial charge in [-0.1, -0.05) is 19.1 Å². The number of anilines is 1. The van der Waals surface area contributed by atoms with E-state index in [1.807, 2.05) is 6.92 Å². The van der Waals surface area contributed by atoms with E-state index >= 15 is 0 Å². The quantitative estimate of drug-likeness (QED) is 0.712. The average molecular weight is 393 g/mol. The molecule has 5 rings (SSSR count). The molecule has 3 aromatic heterocycles. The highest BCUT2D eigenvalue weighted by molar-refractivity contribution is 5.83. The van der Waals surface area contributed by atoms with E-state index in [9.17, 15) is 5.11 Å². The van der Waals surface area contributed by atoms with Crippen molar-refractivity contribution in [3.63, 3.8) is 0 Å². The number of ether oxygens (including phenoxy) is 1. The van der Waals surface area contributed by atoms with Crippen molar-refractivity contribution in [1.29, 1.82) is 0 Å². The molecular formula is C20H26N6O2. The van der Waals surface area contributed by atoms with Crippen LogP contribution >= 0.6 is 0 Å². The number of aliphatic hydroxyl groups is 1. The van der Waals surface area contributed by atoms with Crippen molar-refractivity contribution >= 4 is 16.9 Å². The summed E-state index contributed by atoms with van der Waals surface area (Å²) in [5.41, 5.74) is -4.01. The first-order chi connectivity index (χ1) is 17.4. The van der Waals surface area contributed by atoms with Crippen molar-refractivity contribution in [2.75, 3.05) is 24.7 Å². The lowest BCUT2D eigenvalue weighted by molar-refractivity contribution is 0.000713. The largest absolute Gasteiger partial charge is 0.385 e. The molecule has 1 aliphatic heterocycles. The number of hydrogen-bond donors (Lipinski definition) is 2. The number of fused-ring (bicyclic) bond motifs is 1. The average Bonchev–Trinajstić information content (AvgIpc) is 3.51. The fraction of sp³-hybridized carbons (Fsp3) is 0.550. The third-order valence-corrected chi connectivity index (χ3v) is 4.91. The highest BCUT2D eigenvalue weighted by Gasteiger charge is 2.35. The fourth-order valence-electron chi connectivity index (χ4n) is 3.48. The van der Waals surface area contributed by atoms with Gasteiger partial charge in [0.25, 0.3) is 0 Å². The Kier molecular flexibility index (Phi) is 2.41. The molecule has 0 bridgehead atoms. The summed E-state index contributed by atoms with van der Waals surface area (Å²) in [6.45, 7) is 2.85. The Bertz CT molecular complexity index is 1350. The fourth-order valence-corrected chi connectivity index (χ4v) is 3.48. The molecule has 1 saturated carbocycles. The third kappa shape index (κ3) is 2.87. The van der Waals surface area contributed by atoms with Crippen molar-refractivity contribution in [3.05, 3.63) is 30.1 Å². The highest BCUT2D eigenvalue weighted by Crippen LogP contribution is 2.41. The molecule has 2 aliphatic rings. The van der Waals surface area contributed by atoms with Gasteiger partial charge in [-0.15, -0.1) is 0 Å². The van der Waals surface area contributed by atoms with E-state index in [1.54, 1.807) is 11.0 Å². The van der Waals surface area contributed by atoms with Gasteiger partial charge in [0.15, 0.2) is 11.5 Å². The Morgan fingerprint density at radius 2 is 2.21 bits per heavy atom. The summed E-state index contributed by atoms with van der Waals surface area (Å²) in [6, 6.07) is 2.54. The molecule has 148 valence electrons. The lowest BCUT2D eigenvalue weighted by atomic mass is 9.79. The van der Waals surface area contributed by atoms with Gasteiger partial charge in [0, 0.05) is 31.7 Å². The maximum Gasteiger partial charge on any atom is 0.167 e. The zero-order valence-corrected chi connectivity index (χ0v) is 15.1. The maximum absolute atomic E-state index is 12.1. The topological polar surface area (TPSA) is 92.1 Å². The van der Waals surface area contributed by atoms with Gasteiger partial charge in [0.05, 0.1) is 37.3 Å². The second-order valence-corrected chi connectivity index (χ2v) is 6.72. The predicted octanol–water partition coefficient (Wildman–Crippen LogP) is 2.52. The molecule has 0 spiro atoms. The molecule has 2 N–H and O–H groups in total. The van der Waals surface area contributed by atoms with Crippen molar-refractivity contribution in [2.45, 2.75) is 50.4 Å². The van der Waals surface area contributed by atoms with Gasteiger partial charge in [-0.3, -0.25) is 5.10 Å². The molecule has 0 unspecified atom stereocenters. The summed E-state index contributed by atoms with van der Waals surface area (Å²) >= 11 is 0. The maximum atomic E-state index is 12.1. The predicted molar refractivity (Wildman–Crippen MR) is 106 cm³/mol. The number of H-pyrrole nitrogens is 1. The van der Waals surface area contributed by atoms with Crippen LogP contribution in [-0.4, -0.2) is 55.9 Å².